The molecule has 1 heterocycles. The number of phenolic OH excluding ortho intramolecular Hbond substituents is 1. The molecule has 8 rings (SSSR count). The molecule has 0 bridgehead atoms. The molecule has 27 nitrogen and oxygen atoms in total. The van der Waals surface area contributed by atoms with Gasteiger partial charge in [0.1, 0.15) is 49.6 Å². The second-order valence-corrected chi connectivity index (χ2v) is 21.6. The number of azo groups is 2. The van der Waals surface area contributed by atoms with Crippen LogP contribution in [0.1, 0.15) is 26.3 Å². The number of carboxylic acid groups (broad SMARTS) is 2. The van der Waals surface area contributed by atoms with E-state index in [1.165, 1.54) is 44.4 Å². The van der Waals surface area contributed by atoms with Crippen LogP contribution in [0.2, 0.25) is 0 Å². The Hall–Kier alpha value is -9.88. The van der Waals surface area contributed by atoms with Gasteiger partial charge in [0, 0.05) is 28.4 Å². The molecular weight excluding hydrogens is 1110 g/mol. The van der Waals surface area contributed by atoms with E-state index >= 15 is 0 Å². The normalized spacial score (nSPS) is 12.0. The molecule has 0 atom stereocenters. The predicted molar refractivity (Wildman–Crippen MR) is 287 cm³/mol. The molecule has 8 aromatic rings. The molecule has 8 N–H and O–H groups in total. The highest BCUT2D eigenvalue weighted by Gasteiger charge is 2.30. The van der Waals surface area contributed by atoms with Crippen molar-refractivity contribution in [3.8, 4) is 39.9 Å². The first-order chi connectivity index (χ1) is 37.9. The van der Waals surface area contributed by atoms with Gasteiger partial charge in [0.2, 0.25) is 17.8 Å². The number of aromatic carboxylic acids is 2. The molecule has 412 valence electrons. The van der Waals surface area contributed by atoms with Crippen molar-refractivity contribution in [3.63, 3.8) is 0 Å². The molecule has 0 aliphatic carbocycles. The van der Waals surface area contributed by atoms with E-state index in [1.54, 1.807) is 54.6 Å². The summed E-state index contributed by atoms with van der Waals surface area (Å²) in [6.45, 7) is 1.50. The summed E-state index contributed by atoms with van der Waals surface area (Å²) in [5.41, 5.74) is -0.418. The minimum absolute atomic E-state index is 0.00525. The summed E-state index contributed by atoms with van der Waals surface area (Å²) in [4.78, 5) is 35.5. The van der Waals surface area contributed by atoms with Crippen molar-refractivity contribution in [2.24, 2.45) is 20.5 Å². The smallest absolute Gasteiger partial charge is 0.339 e. The summed E-state index contributed by atoms with van der Waals surface area (Å²) in [5, 5.41) is 77.1. The number of hydrogen-bond acceptors (Lipinski definition) is 25. The van der Waals surface area contributed by atoms with Crippen molar-refractivity contribution >= 4 is 111 Å². The van der Waals surface area contributed by atoms with Crippen LogP contribution < -0.4 is 24.9 Å². The van der Waals surface area contributed by atoms with Crippen molar-refractivity contribution in [3.05, 3.63) is 132 Å². The van der Waals surface area contributed by atoms with Crippen LogP contribution in [-0.4, -0.2) is 105 Å². The van der Waals surface area contributed by atoms with Crippen LogP contribution in [0.5, 0.6) is 28.7 Å². The first kappa shape index (κ1) is 56.3. The number of aryl methyl sites for hydroxylation is 1. The quantitative estimate of drug-likeness (QED) is 0.0260. The Balaban J connectivity index is 1.24. The molecule has 1 aromatic heterocycles. The van der Waals surface area contributed by atoms with Gasteiger partial charge >= 0.3 is 32.2 Å². The number of methoxy groups -OCH3 is 1. The Bertz CT molecular complexity index is 4210. The molecule has 0 saturated heterocycles. The Morgan fingerprint density at radius 2 is 1.14 bits per heavy atom. The number of para-hydroxylation sites is 1. The molecule has 0 unspecified atom stereocenters. The first-order valence-electron chi connectivity index (χ1n) is 22.6. The number of nitrogens with one attached hydrogen (secondary N) is 3. The summed E-state index contributed by atoms with van der Waals surface area (Å²) in [7, 11) is -10.8. The Labute approximate surface area is 453 Å². The van der Waals surface area contributed by atoms with Crippen LogP contribution in [0.4, 0.5) is 57.7 Å². The lowest BCUT2D eigenvalue weighted by atomic mass is 9.94. The fraction of sp³-hybridized carbons (Fsp3) is 0.100. The Morgan fingerprint density at radius 3 is 1.74 bits per heavy atom. The number of hydrogen-bond donors (Lipinski definition) is 8. The van der Waals surface area contributed by atoms with Crippen molar-refractivity contribution in [1.82, 2.24) is 15.0 Å². The van der Waals surface area contributed by atoms with Crippen LogP contribution in [0.25, 0.3) is 21.9 Å². The maximum absolute atomic E-state index is 13.9. The third-order valence-corrected chi connectivity index (χ3v) is 14.3. The molecular formula is C50H42N10O17S3. The zero-order valence-electron chi connectivity index (χ0n) is 42.0. The van der Waals surface area contributed by atoms with E-state index in [0.29, 0.717) is 17.1 Å². The molecule has 7 aromatic carbocycles. The number of anilines is 6. The molecule has 0 aliphatic heterocycles. The fourth-order valence-electron chi connectivity index (χ4n) is 7.66. The van der Waals surface area contributed by atoms with Gasteiger partial charge in [-0.1, -0.05) is 18.2 Å². The van der Waals surface area contributed by atoms with Gasteiger partial charge in [-0.25, -0.2) is 9.59 Å². The number of fused-ring (bicyclic) bond motifs is 1. The van der Waals surface area contributed by atoms with Gasteiger partial charge in [-0.3, -0.25) is 8.37 Å². The third-order valence-electron chi connectivity index (χ3n) is 11.3. The second-order valence-electron chi connectivity index (χ2n) is 16.7. The van der Waals surface area contributed by atoms with E-state index in [2.05, 4.69) is 55.5 Å². The molecule has 0 aliphatic rings. The molecule has 80 heavy (non-hydrogen) atoms. The van der Waals surface area contributed by atoms with Gasteiger partial charge in [0.15, 0.2) is 5.75 Å². The third kappa shape index (κ3) is 12.6. The summed E-state index contributed by atoms with van der Waals surface area (Å²) in [6, 6.07) is 26.6. The van der Waals surface area contributed by atoms with E-state index in [4.69, 9.17) is 13.1 Å². The van der Waals surface area contributed by atoms with Crippen molar-refractivity contribution < 1.29 is 77.7 Å². The maximum atomic E-state index is 13.9. The average Bonchev–Trinajstić information content (AvgIpc) is 3.54. The van der Waals surface area contributed by atoms with Crippen molar-refractivity contribution in [2.75, 3.05) is 43.5 Å². The lowest BCUT2D eigenvalue weighted by Gasteiger charge is -2.20. The van der Waals surface area contributed by atoms with Crippen molar-refractivity contribution in [1.29, 1.82) is 0 Å². The zero-order valence-corrected chi connectivity index (χ0v) is 44.4. The highest BCUT2D eigenvalue weighted by molar-refractivity contribution is 7.87. The van der Waals surface area contributed by atoms with Gasteiger partial charge in [0.25, 0.3) is 10.1 Å². The zero-order chi connectivity index (χ0) is 57.8. The highest BCUT2D eigenvalue weighted by atomic mass is 32.2. The largest absolute Gasteiger partial charge is 0.507 e. The van der Waals surface area contributed by atoms with Gasteiger partial charge < -0.3 is 50.4 Å². The number of nitrogens with zero attached hydrogens (tertiary/aromatic N) is 7. The molecule has 0 saturated carbocycles. The predicted octanol–water partition coefficient (Wildman–Crippen LogP) is 9.59. The Kier molecular flexibility index (Phi) is 15.9. The summed E-state index contributed by atoms with van der Waals surface area (Å²) < 4.78 is 98.4. The van der Waals surface area contributed by atoms with Crippen LogP contribution in [0.15, 0.2) is 146 Å². The number of ether oxygens (including phenoxy) is 1. The van der Waals surface area contributed by atoms with Gasteiger partial charge in [-0.2, -0.15) is 55.5 Å². The Morgan fingerprint density at radius 1 is 0.575 bits per heavy atom. The monoisotopic (exact) mass is 1150 g/mol. The van der Waals surface area contributed by atoms with E-state index in [0.717, 1.165) is 50.8 Å². The van der Waals surface area contributed by atoms with E-state index in [-0.39, 0.29) is 85.1 Å². The molecule has 0 spiro atoms. The van der Waals surface area contributed by atoms with E-state index < -0.39 is 74.9 Å². The lowest BCUT2D eigenvalue weighted by molar-refractivity contribution is 0.0682. The maximum Gasteiger partial charge on any atom is 0.339 e. The number of carboxylic acids is 2. The summed E-state index contributed by atoms with van der Waals surface area (Å²) in [6.07, 6.45) is 0.777. The number of aromatic hydroxyl groups is 3. The minimum Gasteiger partial charge on any atom is -0.507 e. The summed E-state index contributed by atoms with van der Waals surface area (Å²) >= 11 is 0. The fourth-order valence-corrected chi connectivity index (χ4v) is 9.80. The van der Waals surface area contributed by atoms with E-state index in [9.17, 15) is 60.4 Å². The summed E-state index contributed by atoms with van der Waals surface area (Å²) in [5.74, 6) is -6.10. The molecule has 30 heteroatoms. The number of benzene rings is 7. The number of rotatable bonds is 20. The molecule has 0 radical (unpaired) electrons. The van der Waals surface area contributed by atoms with Gasteiger partial charge in [-0.15, -0.1) is 5.11 Å². The standard InChI is InChI=1S/C50H42N10O17S3/c1-25-17-36(60-59-31-21-35(47(66)67)44(62)41(22-31)80(72,73)76-4)39(74-2)24-33(25)43-40(79(70,71)75-3)19-26-18-32(77-78(5,68)69)23-37(42(26)45(43)63)53-50-55-48(51-27-9-7-6-8-10-27)54-49(56-50)52-28-11-13-29(14-12-28)57-58-30-15-16-38(61)34(20-30)46(64)65/h6-24,61-63H,1-5H3,(H,64,65)(H,66,67)(H3,51,52,53,54,55,56). The van der Waals surface area contributed by atoms with Crippen LogP contribution >= 0.6 is 0 Å². The topological polar surface area (TPSA) is 399 Å². The van der Waals surface area contributed by atoms with Crippen LogP contribution in [-0.2, 0) is 38.7 Å². The van der Waals surface area contributed by atoms with Crippen LogP contribution in [0, 0.1) is 6.92 Å². The lowest BCUT2D eigenvalue weighted by Crippen LogP contribution is -2.09. The van der Waals surface area contributed by atoms with Crippen LogP contribution in [0.3, 0.4) is 0 Å². The van der Waals surface area contributed by atoms with Crippen molar-refractivity contribution in [2.45, 2.75) is 16.7 Å². The average molecular weight is 1150 g/mol. The number of phenols is 3. The van der Waals surface area contributed by atoms with Gasteiger partial charge in [0.05, 0.1) is 50.3 Å². The number of carbonyl (C=O) groups is 2. The molecule has 0 fully saturated rings. The SMILES string of the molecule is COc1cc(-c2c(S(=O)(=O)OC)cc3cc(OS(C)(=O)=O)cc(Nc4nc(Nc5ccccc5)nc(Nc5ccc(N=Nc6ccc(O)c(C(=O)O)c6)cc5)n4)c3c2O)c(C)cc1N=Nc1cc(C(=O)O)c(O)c(S(=O)(=O)OC)c1. The second kappa shape index (κ2) is 22.6. The minimum atomic E-state index is -4.77. The first-order valence-corrected chi connectivity index (χ1v) is 27.3. The van der Waals surface area contributed by atoms with E-state index in [1.807, 2.05) is 0 Å². The highest BCUT2D eigenvalue weighted by Crippen LogP contribution is 2.49. The van der Waals surface area contributed by atoms with Gasteiger partial charge in [-0.05, 0) is 114 Å². The number of aromatic nitrogens is 3. The molecule has 0 amide bonds.